The van der Waals surface area contributed by atoms with Crippen LogP contribution in [0.4, 0.5) is 0 Å². The van der Waals surface area contributed by atoms with Crippen LogP contribution in [-0.4, -0.2) is 23.5 Å². The van der Waals surface area contributed by atoms with E-state index >= 15 is 0 Å². The van der Waals surface area contributed by atoms with Crippen molar-refractivity contribution in [2.45, 2.75) is 33.9 Å². The maximum Gasteiger partial charge on any atom is 0.313 e. The van der Waals surface area contributed by atoms with Gasteiger partial charge in [-0.15, -0.1) is 0 Å². The highest BCUT2D eigenvalue weighted by Crippen LogP contribution is 2.22. The molecule has 0 bridgehead atoms. The molecule has 5 heteroatoms. The van der Waals surface area contributed by atoms with Gasteiger partial charge in [-0.2, -0.15) is 0 Å². The molecule has 110 valence electrons. The molecule has 0 aliphatic carbocycles. The summed E-state index contributed by atoms with van der Waals surface area (Å²) in [6.45, 7) is 7.24. The van der Waals surface area contributed by atoms with Crippen molar-refractivity contribution >= 4 is 23.8 Å². The number of esters is 1. The molecule has 1 unspecified atom stereocenters. The predicted molar refractivity (Wildman–Crippen MR) is 80.4 cm³/mol. The number of hydrogen-bond donors (Lipinski definition) is 1. The summed E-state index contributed by atoms with van der Waals surface area (Å²) in [4.78, 5) is 15.7. The Balaban J connectivity index is 2.99. The van der Waals surface area contributed by atoms with Gasteiger partial charge in [0.25, 0.3) is 0 Å². The van der Waals surface area contributed by atoms with Crippen LogP contribution >= 0.6 is 11.6 Å². The molecule has 4 nitrogen and oxygen atoms in total. The van der Waals surface area contributed by atoms with Crippen molar-refractivity contribution in [1.29, 1.82) is 0 Å². The van der Waals surface area contributed by atoms with E-state index < -0.39 is 6.23 Å². The standard InChI is InChI=1S/C15H20ClNO3/c1-9(2)14(18)17-8-11-7-12(16)5-6-13(11)20-15(19)10(3)4/h5-10,14,18H,1-4H3/b17-8+. The number of ether oxygens (including phenoxy) is 1. The van der Waals surface area contributed by atoms with Crippen molar-refractivity contribution in [1.82, 2.24) is 0 Å². The van der Waals surface area contributed by atoms with Gasteiger partial charge in [0.1, 0.15) is 12.0 Å². The Labute approximate surface area is 124 Å². The lowest BCUT2D eigenvalue weighted by molar-refractivity contribution is -0.137. The Morgan fingerprint density at radius 2 is 2.00 bits per heavy atom. The molecule has 1 aromatic rings. The number of nitrogens with zero attached hydrogens (tertiary/aromatic N) is 1. The minimum absolute atomic E-state index is 0.00657. The largest absolute Gasteiger partial charge is 0.426 e. The Morgan fingerprint density at radius 1 is 1.35 bits per heavy atom. The zero-order valence-corrected chi connectivity index (χ0v) is 12.9. The molecule has 0 fully saturated rings. The van der Waals surface area contributed by atoms with Crippen LogP contribution in [0.2, 0.25) is 5.02 Å². The molecule has 0 spiro atoms. The molecule has 1 aromatic carbocycles. The lowest BCUT2D eigenvalue weighted by Crippen LogP contribution is -2.16. The highest BCUT2D eigenvalue weighted by Gasteiger charge is 2.13. The molecule has 1 atom stereocenters. The summed E-state index contributed by atoms with van der Waals surface area (Å²) in [6.07, 6.45) is 0.669. The van der Waals surface area contributed by atoms with Crippen LogP contribution in [-0.2, 0) is 4.79 Å². The van der Waals surface area contributed by atoms with Crippen LogP contribution in [0.3, 0.4) is 0 Å². The minimum Gasteiger partial charge on any atom is -0.426 e. The zero-order chi connectivity index (χ0) is 15.3. The summed E-state index contributed by atoms with van der Waals surface area (Å²) >= 11 is 5.93. The molecular formula is C15H20ClNO3. The second-order valence-electron chi connectivity index (χ2n) is 5.19. The average Bonchev–Trinajstić information content (AvgIpc) is 2.38. The third-order valence-corrected chi connectivity index (χ3v) is 2.85. The third kappa shape index (κ3) is 4.94. The summed E-state index contributed by atoms with van der Waals surface area (Å²) in [5.74, 6) is -0.164. The SMILES string of the molecule is CC(C)C(=O)Oc1ccc(Cl)cc1/C=N/C(O)C(C)C. The van der Waals surface area contributed by atoms with E-state index in [0.29, 0.717) is 16.3 Å². The first-order chi connectivity index (χ1) is 9.31. The summed E-state index contributed by atoms with van der Waals surface area (Å²) in [5.41, 5.74) is 0.561. The van der Waals surface area contributed by atoms with Crippen molar-refractivity contribution in [3.8, 4) is 5.75 Å². The van der Waals surface area contributed by atoms with Gasteiger partial charge < -0.3 is 9.84 Å². The fourth-order valence-corrected chi connectivity index (χ4v) is 1.45. The Morgan fingerprint density at radius 3 is 2.55 bits per heavy atom. The van der Waals surface area contributed by atoms with Crippen molar-refractivity contribution < 1.29 is 14.6 Å². The van der Waals surface area contributed by atoms with E-state index in [0.717, 1.165) is 0 Å². The lowest BCUT2D eigenvalue weighted by Gasteiger charge is -2.11. The van der Waals surface area contributed by atoms with Gasteiger partial charge in [-0.25, -0.2) is 0 Å². The quantitative estimate of drug-likeness (QED) is 0.515. The summed E-state index contributed by atoms with van der Waals surface area (Å²) < 4.78 is 5.28. The molecule has 0 radical (unpaired) electrons. The molecule has 0 saturated carbocycles. The number of carbonyl (C=O) groups excluding carboxylic acids is 1. The molecule has 0 heterocycles. The number of rotatable bonds is 5. The Bertz CT molecular complexity index is 498. The fourth-order valence-electron chi connectivity index (χ4n) is 1.27. The van der Waals surface area contributed by atoms with Gasteiger partial charge in [-0.05, 0) is 24.1 Å². The fraction of sp³-hybridized carbons (Fsp3) is 0.467. The highest BCUT2D eigenvalue weighted by molar-refractivity contribution is 6.30. The van der Waals surface area contributed by atoms with Crippen LogP contribution in [0.5, 0.6) is 5.75 Å². The van der Waals surface area contributed by atoms with E-state index in [9.17, 15) is 9.90 Å². The molecule has 0 aliphatic rings. The van der Waals surface area contributed by atoms with Crippen LogP contribution < -0.4 is 4.74 Å². The maximum atomic E-state index is 11.6. The molecular weight excluding hydrogens is 278 g/mol. The molecule has 0 aromatic heterocycles. The van der Waals surface area contributed by atoms with Crippen molar-refractivity contribution in [3.05, 3.63) is 28.8 Å². The topological polar surface area (TPSA) is 58.9 Å². The molecule has 20 heavy (non-hydrogen) atoms. The first-order valence-corrected chi connectivity index (χ1v) is 6.91. The van der Waals surface area contributed by atoms with Gasteiger partial charge in [0.15, 0.2) is 0 Å². The molecule has 1 rings (SSSR count). The number of aliphatic imine (C=N–C) groups is 1. The van der Waals surface area contributed by atoms with Gasteiger partial charge in [-0.3, -0.25) is 9.79 Å². The average molecular weight is 298 g/mol. The van der Waals surface area contributed by atoms with Gasteiger partial charge in [0.05, 0.1) is 5.92 Å². The van der Waals surface area contributed by atoms with Gasteiger partial charge in [0, 0.05) is 16.8 Å². The molecule has 1 N–H and O–H groups in total. The van der Waals surface area contributed by atoms with E-state index in [1.54, 1.807) is 32.0 Å². The van der Waals surface area contributed by atoms with Crippen molar-refractivity contribution in [2.75, 3.05) is 0 Å². The van der Waals surface area contributed by atoms with Crippen molar-refractivity contribution in [2.24, 2.45) is 16.8 Å². The maximum absolute atomic E-state index is 11.6. The Kier molecular flexibility index (Phi) is 6.17. The van der Waals surface area contributed by atoms with Gasteiger partial charge in [-0.1, -0.05) is 39.3 Å². The van der Waals surface area contributed by atoms with Crippen molar-refractivity contribution in [3.63, 3.8) is 0 Å². The van der Waals surface area contributed by atoms with E-state index in [-0.39, 0.29) is 17.8 Å². The second-order valence-corrected chi connectivity index (χ2v) is 5.63. The molecule has 0 aliphatic heterocycles. The lowest BCUT2D eigenvalue weighted by atomic mass is 10.2. The first-order valence-electron chi connectivity index (χ1n) is 6.53. The smallest absolute Gasteiger partial charge is 0.313 e. The minimum atomic E-state index is -0.803. The highest BCUT2D eigenvalue weighted by atomic mass is 35.5. The first kappa shape index (κ1) is 16.7. The van der Waals surface area contributed by atoms with Crippen LogP contribution in [0.25, 0.3) is 0 Å². The summed E-state index contributed by atoms with van der Waals surface area (Å²) in [6, 6.07) is 4.90. The normalized spacial score (nSPS) is 13.2. The third-order valence-electron chi connectivity index (χ3n) is 2.62. The number of aliphatic hydroxyl groups is 1. The van der Waals surface area contributed by atoms with E-state index in [1.165, 1.54) is 6.21 Å². The van der Waals surface area contributed by atoms with Crippen LogP contribution in [0.1, 0.15) is 33.3 Å². The second kappa shape index (κ2) is 7.41. The number of halogens is 1. The number of benzene rings is 1. The van der Waals surface area contributed by atoms with E-state index in [4.69, 9.17) is 16.3 Å². The molecule has 0 saturated heterocycles. The van der Waals surface area contributed by atoms with Gasteiger partial charge >= 0.3 is 5.97 Å². The van der Waals surface area contributed by atoms with Crippen LogP contribution in [0.15, 0.2) is 23.2 Å². The zero-order valence-electron chi connectivity index (χ0n) is 12.1. The van der Waals surface area contributed by atoms with Crippen LogP contribution in [0, 0.1) is 11.8 Å². The van der Waals surface area contributed by atoms with E-state index in [2.05, 4.69) is 4.99 Å². The monoisotopic (exact) mass is 297 g/mol. The summed E-state index contributed by atoms with van der Waals surface area (Å²) in [7, 11) is 0. The predicted octanol–water partition coefficient (Wildman–Crippen LogP) is 3.29. The number of carbonyl (C=O) groups is 1. The number of aliphatic hydroxyl groups excluding tert-OH is 1. The number of hydrogen-bond acceptors (Lipinski definition) is 4. The van der Waals surface area contributed by atoms with Gasteiger partial charge in [0.2, 0.25) is 0 Å². The summed E-state index contributed by atoms with van der Waals surface area (Å²) in [5, 5.41) is 10.2. The molecule has 0 amide bonds. The Hall–Kier alpha value is -1.39. The van der Waals surface area contributed by atoms with E-state index in [1.807, 2.05) is 13.8 Å².